The fraction of sp³-hybridized carbons (Fsp3) is 0.778. The fourth-order valence-electron chi connectivity index (χ4n) is 1.38. The molecule has 1 rings (SSSR count). The lowest BCUT2D eigenvalue weighted by molar-refractivity contribution is -0.0367. The first-order chi connectivity index (χ1) is 6.27. The van der Waals surface area contributed by atoms with Crippen LogP contribution in [0.5, 0.6) is 0 Å². The molecular weight excluding hydrogens is 167 g/mol. The summed E-state index contributed by atoms with van der Waals surface area (Å²) >= 11 is 0. The molecule has 0 aromatic carbocycles. The van der Waals surface area contributed by atoms with Crippen molar-refractivity contribution in [3.63, 3.8) is 0 Å². The molecule has 0 bridgehead atoms. The average Bonchev–Trinajstić information content (AvgIpc) is 2.47. The van der Waals surface area contributed by atoms with Gasteiger partial charge in [0.15, 0.2) is 0 Å². The third-order valence-corrected chi connectivity index (χ3v) is 2.00. The third-order valence-electron chi connectivity index (χ3n) is 2.00. The van der Waals surface area contributed by atoms with E-state index in [0.29, 0.717) is 19.6 Å². The summed E-state index contributed by atoms with van der Waals surface area (Å²) < 4.78 is 15.7. The molecule has 4 heteroatoms. The number of ether oxygens (including phenoxy) is 3. The average molecular weight is 180 g/mol. The molecule has 1 aliphatic heterocycles. The molecule has 1 fully saturated rings. The summed E-state index contributed by atoms with van der Waals surface area (Å²) in [6.07, 6.45) is 5.68. The van der Waals surface area contributed by atoms with Crippen LogP contribution in [0.1, 0.15) is 6.42 Å². The molecule has 0 unspecified atom stereocenters. The first-order valence-corrected chi connectivity index (χ1v) is 4.23. The Bertz CT molecular complexity index is 190. The zero-order chi connectivity index (χ0) is 9.68. The van der Waals surface area contributed by atoms with E-state index >= 15 is 0 Å². The lowest BCUT2D eigenvalue weighted by Gasteiger charge is -2.16. The van der Waals surface area contributed by atoms with E-state index in [0.717, 1.165) is 0 Å². The van der Waals surface area contributed by atoms with Crippen molar-refractivity contribution in [2.45, 2.75) is 24.6 Å². The molecule has 0 aromatic heterocycles. The molecule has 0 spiro atoms. The highest BCUT2D eigenvalue weighted by Gasteiger charge is 2.32. The molecule has 3 atom stereocenters. The molecule has 13 heavy (non-hydrogen) atoms. The SMILES string of the molecule is [B][C@H]1C[C@@H](OC)[C@@H](COCC#C)O1. The summed E-state index contributed by atoms with van der Waals surface area (Å²) in [6, 6.07) is -0.246. The van der Waals surface area contributed by atoms with Crippen LogP contribution in [0, 0.1) is 12.3 Å². The van der Waals surface area contributed by atoms with Gasteiger partial charge in [-0.1, -0.05) is 5.92 Å². The smallest absolute Gasteiger partial charge is 0.109 e. The predicted octanol–water partition coefficient (Wildman–Crippen LogP) is -0.0653. The van der Waals surface area contributed by atoms with E-state index in [1.165, 1.54) is 0 Å². The molecule has 0 aromatic rings. The van der Waals surface area contributed by atoms with Crippen LogP contribution in [-0.4, -0.2) is 46.4 Å². The van der Waals surface area contributed by atoms with Crippen LogP contribution in [0.2, 0.25) is 0 Å². The van der Waals surface area contributed by atoms with Crippen molar-refractivity contribution in [2.24, 2.45) is 0 Å². The van der Waals surface area contributed by atoms with Crippen molar-refractivity contribution in [1.82, 2.24) is 0 Å². The molecule has 0 amide bonds. The van der Waals surface area contributed by atoms with Gasteiger partial charge in [0.2, 0.25) is 0 Å². The minimum atomic E-state index is -0.246. The van der Waals surface area contributed by atoms with E-state index in [2.05, 4.69) is 5.92 Å². The Kier molecular flexibility index (Phi) is 4.30. The van der Waals surface area contributed by atoms with Gasteiger partial charge in [0.05, 0.1) is 12.7 Å². The van der Waals surface area contributed by atoms with Gasteiger partial charge in [0.25, 0.3) is 0 Å². The Balaban J connectivity index is 2.27. The van der Waals surface area contributed by atoms with Crippen molar-refractivity contribution in [3.8, 4) is 12.3 Å². The van der Waals surface area contributed by atoms with Gasteiger partial charge in [0, 0.05) is 13.1 Å². The van der Waals surface area contributed by atoms with Gasteiger partial charge in [-0.15, -0.1) is 6.42 Å². The van der Waals surface area contributed by atoms with E-state index in [1.54, 1.807) is 7.11 Å². The van der Waals surface area contributed by atoms with Crippen LogP contribution in [0.3, 0.4) is 0 Å². The van der Waals surface area contributed by atoms with Gasteiger partial charge >= 0.3 is 0 Å². The second-order valence-electron chi connectivity index (χ2n) is 2.94. The third kappa shape index (κ3) is 3.04. The molecule has 1 saturated heterocycles. The highest BCUT2D eigenvalue weighted by molar-refractivity contribution is 6.11. The van der Waals surface area contributed by atoms with E-state index in [1.807, 2.05) is 0 Å². The summed E-state index contributed by atoms with van der Waals surface area (Å²) in [5, 5.41) is 0. The largest absolute Gasteiger partial charge is 0.380 e. The Morgan fingerprint density at radius 3 is 3.08 bits per heavy atom. The molecule has 1 aliphatic rings. The van der Waals surface area contributed by atoms with Crippen molar-refractivity contribution in [1.29, 1.82) is 0 Å². The monoisotopic (exact) mass is 180 g/mol. The number of hydrogen-bond acceptors (Lipinski definition) is 3. The maximum Gasteiger partial charge on any atom is 0.109 e. The van der Waals surface area contributed by atoms with Crippen LogP contribution in [0.4, 0.5) is 0 Å². The maximum atomic E-state index is 5.60. The zero-order valence-corrected chi connectivity index (χ0v) is 7.73. The van der Waals surface area contributed by atoms with Crippen molar-refractivity contribution < 1.29 is 14.2 Å². The summed E-state index contributed by atoms with van der Waals surface area (Å²) in [5.41, 5.74) is 0. The van der Waals surface area contributed by atoms with E-state index in [4.69, 9.17) is 28.5 Å². The van der Waals surface area contributed by atoms with E-state index in [-0.39, 0.29) is 18.2 Å². The molecule has 0 aliphatic carbocycles. The summed E-state index contributed by atoms with van der Waals surface area (Å²) in [5.74, 6) is 2.39. The quantitative estimate of drug-likeness (QED) is 0.344. The molecule has 70 valence electrons. The minimum absolute atomic E-state index is 0.0211. The zero-order valence-electron chi connectivity index (χ0n) is 7.73. The Labute approximate surface area is 80.1 Å². The molecule has 3 nitrogen and oxygen atoms in total. The van der Waals surface area contributed by atoms with Gasteiger partial charge in [-0.2, -0.15) is 0 Å². The number of terminal acetylenes is 1. The van der Waals surface area contributed by atoms with Gasteiger partial charge in [-0.05, 0) is 6.42 Å². The highest BCUT2D eigenvalue weighted by atomic mass is 16.6. The van der Waals surface area contributed by atoms with Crippen LogP contribution in [0.15, 0.2) is 0 Å². The summed E-state index contributed by atoms with van der Waals surface area (Å²) in [6.45, 7) is 0.738. The first kappa shape index (κ1) is 10.6. The standard InChI is InChI=1S/C9H13BO3/c1-3-4-12-6-8-7(11-2)5-9(10)13-8/h1,7-9H,4-6H2,2H3/t7-,8-,9-/m1/s1. The normalized spacial score (nSPS) is 33.1. The predicted molar refractivity (Wildman–Crippen MR) is 49.5 cm³/mol. The van der Waals surface area contributed by atoms with E-state index < -0.39 is 0 Å². The molecule has 0 saturated carbocycles. The minimum Gasteiger partial charge on any atom is -0.380 e. The van der Waals surface area contributed by atoms with Gasteiger partial charge in [-0.3, -0.25) is 0 Å². The number of rotatable bonds is 4. The summed E-state index contributed by atoms with van der Waals surface area (Å²) in [7, 11) is 7.24. The molecule has 0 N–H and O–H groups in total. The van der Waals surface area contributed by atoms with Crippen molar-refractivity contribution in [2.75, 3.05) is 20.3 Å². The Hall–Kier alpha value is -0.495. The van der Waals surface area contributed by atoms with Gasteiger partial charge in [-0.25, -0.2) is 0 Å². The topological polar surface area (TPSA) is 27.7 Å². The van der Waals surface area contributed by atoms with Gasteiger partial charge in [0.1, 0.15) is 20.6 Å². The second kappa shape index (κ2) is 5.28. The molecule has 1 heterocycles. The first-order valence-electron chi connectivity index (χ1n) is 4.23. The van der Waals surface area contributed by atoms with E-state index in [9.17, 15) is 0 Å². The second-order valence-corrected chi connectivity index (χ2v) is 2.94. The van der Waals surface area contributed by atoms with Crippen molar-refractivity contribution in [3.05, 3.63) is 0 Å². The number of hydrogen-bond donors (Lipinski definition) is 0. The highest BCUT2D eigenvalue weighted by Crippen LogP contribution is 2.20. The lowest BCUT2D eigenvalue weighted by atomic mass is 9.96. The van der Waals surface area contributed by atoms with Crippen LogP contribution in [-0.2, 0) is 14.2 Å². The number of methoxy groups -OCH3 is 1. The maximum absolute atomic E-state index is 5.60. The van der Waals surface area contributed by atoms with Crippen molar-refractivity contribution >= 4 is 7.85 Å². The van der Waals surface area contributed by atoms with Crippen LogP contribution >= 0.6 is 0 Å². The molecule has 2 radical (unpaired) electrons. The lowest BCUT2D eigenvalue weighted by Crippen LogP contribution is -2.28. The fourth-order valence-corrected chi connectivity index (χ4v) is 1.38. The Morgan fingerprint density at radius 1 is 1.69 bits per heavy atom. The molecular formula is C9H13BO3. The van der Waals surface area contributed by atoms with Crippen LogP contribution in [0.25, 0.3) is 0 Å². The Morgan fingerprint density at radius 2 is 2.46 bits per heavy atom. The van der Waals surface area contributed by atoms with Crippen LogP contribution < -0.4 is 0 Å². The van der Waals surface area contributed by atoms with Gasteiger partial charge < -0.3 is 14.2 Å². The summed E-state index contributed by atoms with van der Waals surface area (Å²) in [4.78, 5) is 0.